The van der Waals surface area contributed by atoms with Crippen LogP contribution in [0.1, 0.15) is 31.5 Å². The number of nitrogens with zero attached hydrogens (tertiary/aromatic N) is 2. The Labute approximate surface area is 86.3 Å². The molecule has 0 saturated carbocycles. The molecule has 1 aromatic heterocycles. The Kier molecular flexibility index (Phi) is 3.38. The SMILES string of the molecule is CNC(c1cnn(C(C)C)c1)C(F)(F)F. The second-order valence-electron chi connectivity index (χ2n) is 3.61. The Bertz CT molecular complexity index is 317. The van der Waals surface area contributed by atoms with Crippen LogP contribution in [0.3, 0.4) is 0 Å². The van der Waals surface area contributed by atoms with Gasteiger partial charge in [-0.3, -0.25) is 4.68 Å². The smallest absolute Gasteiger partial charge is 0.305 e. The normalized spacial score (nSPS) is 14.6. The highest BCUT2D eigenvalue weighted by molar-refractivity contribution is 5.12. The summed E-state index contributed by atoms with van der Waals surface area (Å²) in [4.78, 5) is 0. The Morgan fingerprint density at radius 3 is 2.33 bits per heavy atom. The van der Waals surface area contributed by atoms with Crippen LogP contribution in [0.5, 0.6) is 0 Å². The van der Waals surface area contributed by atoms with Crippen molar-refractivity contribution in [2.24, 2.45) is 0 Å². The molecule has 1 N–H and O–H groups in total. The van der Waals surface area contributed by atoms with E-state index in [2.05, 4.69) is 10.4 Å². The third-order valence-corrected chi connectivity index (χ3v) is 2.10. The van der Waals surface area contributed by atoms with E-state index in [4.69, 9.17) is 0 Å². The van der Waals surface area contributed by atoms with Gasteiger partial charge in [-0.2, -0.15) is 18.3 Å². The first-order valence-electron chi connectivity index (χ1n) is 4.64. The lowest BCUT2D eigenvalue weighted by molar-refractivity contribution is -0.156. The summed E-state index contributed by atoms with van der Waals surface area (Å²) in [7, 11) is 1.28. The number of hydrogen-bond donors (Lipinski definition) is 1. The second-order valence-corrected chi connectivity index (χ2v) is 3.61. The molecule has 1 rings (SSSR count). The molecule has 1 aromatic rings. The monoisotopic (exact) mass is 221 g/mol. The fraction of sp³-hybridized carbons (Fsp3) is 0.667. The number of aromatic nitrogens is 2. The van der Waals surface area contributed by atoms with Gasteiger partial charge in [0, 0.05) is 17.8 Å². The number of nitrogens with one attached hydrogen (secondary N) is 1. The summed E-state index contributed by atoms with van der Waals surface area (Å²) in [6, 6.07) is -1.59. The predicted molar refractivity (Wildman–Crippen MR) is 50.5 cm³/mol. The summed E-state index contributed by atoms with van der Waals surface area (Å²) < 4.78 is 39.1. The Hall–Kier alpha value is -1.04. The minimum atomic E-state index is -4.29. The molecular formula is C9H14F3N3. The number of alkyl halides is 3. The summed E-state index contributed by atoms with van der Waals surface area (Å²) in [5, 5.41) is 6.11. The average Bonchev–Trinajstić information content (AvgIpc) is 2.51. The fourth-order valence-electron chi connectivity index (χ4n) is 1.30. The highest BCUT2D eigenvalue weighted by atomic mass is 19.4. The van der Waals surface area contributed by atoms with Crippen molar-refractivity contribution in [3.05, 3.63) is 18.0 Å². The molecule has 0 fully saturated rings. The Balaban J connectivity index is 2.93. The minimum Gasteiger partial charge on any atom is -0.305 e. The number of halogens is 3. The topological polar surface area (TPSA) is 29.9 Å². The Morgan fingerprint density at radius 2 is 2.00 bits per heavy atom. The molecule has 1 heterocycles. The van der Waals surface area contributed by atoms with Gasteiger partial charge in [-0.25, -0.2) is 0 Å². The zero-order valence-electron chi connectivity index (χ0n) is 8.84. The lowest BCUT2D eigenvalue weighted by Crippen LogP contribution is -2.31. The third kappa shape index (κ3) is 2.71. The number of rotatable bonds is 3. The van der Waals surface area contributed by atoms with Crippen LogP contribution < -0.4 is 5.32 Å². The van der Waals surface area contributed by atoms with Crippen molar-refractivity contribution in [3.63, 3.8) is 0 Å². The lowest BCUT2D eigenvalue weighted by Gasteiger charge is -2.17. The first-order chi connectivity index (χ1) is 6.86. The van der Waals surface area contributed by atoms with Crippen LogP contribution in [-0.2, 0) is 0 Å². The maximum atomic E-state index is 12.5. The molecule has 0 spiro atoms. The van der Waals surface area contributed by atoms with E-state index in [1.807, 2.05) is 13.8 Å². The van der Waals surface area contributed by atoms with Crippen molar-refractivity contribution in [2.45, 2.75) is 32.1 Å². The molecule has 0 aliphatic carbocycles. The largest absolute Gasteiger partial charge is 0.408 e. The van der Waals surface area contributed by atoms with Crippen molar-refractivity contribution >= 4 is 0 Å². The lowest BCUT2D eigenvalue weighted by atomic mass is 10.1. The van der Waals surface area contributed by atoms with Crippen LogP contribution in [0.15, 0.2) is 12.4 Å². The summed E-state index contributed by atoms with van der Waals surface area (Å²) in [5.74, 6) is 0. The molecule has 86 valence electrons. The van der Waals surface area contributed by atoms with E-state index in [1.165, 1.54) is 24.1 Å². The van der Waals surface area contributed by atoms with Crippen molar-refractivity contribution in [2.75, 3.05) is 7.05 Å². The number of hydrogen-bond acceptors (Lipinski definition) is 2. The molecule has 0 saturated heterocycles. The molecule has 3 nitrogen and oxygen atoms in total. The van der Waals surface area contributed by atoms with Gasteiger partial charge in [-0.05, 0) is 20.9 Å². The molecule has 1 atom stereocenters. The van der Waals surface area contributed by atoms with Crippen LogP contribution in [0.25, 0.3) is 0 Å². The summed E-state index contributed by atoms with van der Waals surface area (Å²) in [6.45, 7) is 3.72. The zero-order valence-corrected chi connectivity index (χ0v) is 8.84. The maximum absolute atomic E-state index is 12.5. The van der Waals surface area contributed by atoms with E-state index < -0.39 is 12.2 Å². The van der Waals surface area contributed by atoms with E-state index >= 15 is 0 Å². The third-order valence-electron chi connectivity index (χ3n) is 2.10. The zero-order chi connectivity index (χ0) is 11.6. The van der Waals surface area contributed by atoms with E-state index in [1.54, 1.807) is 0 Å². The van der Waals surface area contributed by atoms with Crippen molar-refractivity contribution in [1.29, 1.82) is 0 Å². The van der Waals surface area contributed by atoms with Crippen LogP contribution in [-0.4, -0.2) is 23.0 Å². The van der Waals surface area contributed by atoms with Crippen molar-refractivity contribution in [1.82, 2.24) is 15.1 Å². The van der Waals surface area contributed by atoms with Gasteiger partial charge >= 0.3 is 6.18 Å². The van der Waals surface area contributed by atoms with Gasteiger partial charge in [0.15, 0.2) is 0 Å². The first-order valence-corrected chi connectivity index (χ1v) is 4.64. The fourth-order valence-corrected chi connectivity index (χ4v) is 1.30. The van der Waals surface area contributed by atoms with Gasteiger partial charge in [-0.1, -0.05) is 0 Å². The van der Waals surface area contributed by atoms with Crippen LogP contribution in [0, 0.1) is 0 Å². The van der Waals surface area contributed by atoms with Gasteiger partial charge in [0.25, 0.3) is 0 Å². The van der Waals surface area contributed by atoms with Crippen LogP contribution in [0.2, 0.25) is 0 Å². The first kappa shape index (κ1) is 12.0. The minimum absolute atomic E-state index is 0.0597. The van der Waals surface area contributed by atoms with Gasteiger partial charge in [0.05, 0.1) is 6.20 Å². The van der Waals surface area contributed by atoms with E-state index in [0.29, 0.717) is 0 Å². The molecule has 0 aliphatic heterocycles. The van der Waals surface area contributed by atoms with E-state index in [-0.39, 0.29) is 11.6 Å². The molecule has 0 bridgehead atoms. The molecule has 0 amide bonds. The molecule has 6 heteroatoms. The molecule has 0 radical (unpaired) electrons. The van der Waals surface area contributed by atoms with Gasteiger partial charge in [-0.15, -0.1) is 0 Å². The molecule has 0 aliphatic rings. The van der Waals surface area contributed by atoms with Crippen LogP contribution in [0.4, 0.5) is 13.2 Å². The van der Waals surface area contributed by atoms with Gasteiger partial charge in [0.2, 0.25) is 0 Å². The molecule has 15 heavy (non-hydrogen) atoms. The van der Waals surface area contributed by atoms with Crippen LogP contribution >= 0.6 is 0 Å². The molecule has 1 unspecified atom stereocenters. The molecule has 0 aromatic carbocycles. The summed E-state index contributed by atoms with van der Waals surface area (Å²) >= 11 is 0. The van der Waals surface area contributed by atoms with Gasteiger partial charge in [0.1, 0.15) is 6.04 Å². The standard InChI is InChI=1S/C9H14F3N3/c1-6(2)15-5-7(4-14-15)8(13-3)9(10,11)12/h4-6,8,13H,1-3H3. The second kappa shape index (κ2) is 4.22. The highest BCUT2D eigenvalue weighted by Gasteiger charge is 2.40. The predicted octanol–water partition coefficient (Wildman–Crippen LogP) is 2.29. The van der Waals surface area contributed by atoms with Gasteiger partial charge < -0.3 is 5.32 Å². The summed E-state index contributed by atoms with van der Waals surface area (Å²) in [5.41, 5.74) is 0.138. The quantitative estimate of drug-likeness (QED) is 0.848. The van der Waals surface area contributed by atoms with Crippen molar-refractivity contribution in [3.8, 4) is 0 Å². The summed E-state index contributed by atoms with van der Waals surface area (Å²) in [6.07, 6.45) is -1.63. The Morgan fingerprint density at radius 1 is 1.40 bits per heavy atom. The van der Waals surface area contributed by atoms with E-state index in [0.717, 1.165) is 0 Å². The maximum Gasteiger partial charge on any atom is 0.408 e. The van der Waals surface area contributed by atoms with Crippen molar-refractivity contribution < 1.29 is 13.2 Å². The molecular weight excluding hydrogens is 207 g/mol. The van der Waals surface area contributed by atoms with E-state index in [9.17, 15) is 13.2 Å². The average molecular weight is 221 g/mol. The highest BCUT2D eigenvalue weighted by Crippen LogP contribution is 2.32.